The third-order valence-electron chi connectivity index (χ3n) is 3.31. The second-order valence-electron chi connectivity index (χ2n) is 5.67. The fourth-order valence-electron chi connectivity index (χ4n) is 2.39. The van der Waals surface area contributed by atoms with Gasteiger partial charge < -0.3 is 5.32 Å². The minimum Gasteiger partial charge on any atom is -0.324 e. The number of anilines is 2. The van der Waals surface area contributed by atoms with Crippen molar-refractivity contribution in [2.75, 3.05) is 22.4 Å². The number of hydrogen-bond acceptors (Lipinski definition) is 3. The molecule has 0 atom stereocenters. The van der Waals surface area contributed by atoms with Crippen molar-refractivity contribution in [1.29, 1.82) is 0 Å². The Morgan fingerprint density at radius 3 is 2.12 bits per heavy atom. The molecule has 0 saturated heterocycles. The number of amides is 1. The lowest BCUT2D eigenvalue weighted by molar-refractivity contribution is -0.114. The van der Waals surface area contributed by atoms with Gasteiger partial charge in [0, 0.05) is 10.7 Å². The van der Waals surface area contributed by atoms with Gasteiger partial charge in [0.1, 0.15) is 6.54 Å². The highest BCUT2D eigenvalue weighted by Gasteiger charge is 2.21. The molecule has 0 unspecified atom stereocenters. The molecule has 2 aromatic rings. The van der Waals surface area contributed by atoms with Crippen molar-refractivity contribution in [3.63, 3.8) is 0 Å². The maximum Gasteiger partial charge on any atom is 0.245 e. The van der Waals surface area contributed by atoms with Crippen molar-refractivity contribution in [1.82, 2.24) is 0 Å². The summed E-state index contributed by atoms with van der Waals surface area (Å²) in [7, 11) is -3.61. The van der Waals surface area contributed by atoms with E-state index in [2.05, 4.69) is 5.32 Å². The van der Waals surface area contributed by atoms with E-state index in [1.54, 1.807) is 24.3 Å². The van der Waals surface area contributed by atoms with Crippen LogP contribution in [0.15, 0.2) is 42.5 Å². The standard InChI is InChI=1S/C17H19ClN2O3S/c1-12-8-13(2)10-15(9-12)19-17(21)11-20(24(3,22)23)16-6-4-14(18)5-7-16/h4-10H,11H2,1-3H3,(H,19,21). The molecule has 2 aromatic carbocycles. The van der Waals surface area contributed by atoms with Gasteiger partial charge in [0.2, 0.25) is 15.9 Å². The highest BCUT2D eigenvalue weighted by Crippen LogP contribution is 2.21. The molecule has 24 heavy (non-hydrogen) atoms. The van der Waals surface area contributed by atoms with Crippen LogP contribution in [0.3, 0.4) is 0 Å². The Hall–Kier alpha value is -2.05. The van der Waals surface area contributed by atoms with Crippen molar-refractivity contribution in [3.8, 4) is 0 Å². The number of carbonyl (C=O) groups excluding carboxylic acids is 1. The van der Waals surface area contributed by atoms with Gasteiger partial charge in [-0.2, -0.15) is 0 Å². The van der Waals surface area contributed by atoms with Gasteiger partial charge in [-0.1, -0.05) is 17.7 Å². The largest absolute Gasteiger partial charge is 0.324 e. The first-order chi connectivity index (χ1) is 11.1. The van der Waals surface area contributed by atoms with Gasteiger partial charge in [-0.05, 0) is 61.4 Å². The first-order valence-electron chi connectivity index (χ1n) is 7.26. The summed E-state index contributed by atoms with van der Waals surface area (Å²) >= 11 is 5.83. The molecule has 0 aliphatic rings. The Morgan fingerprint density at radius 1 is 1.08 bits per heavy atom. The summed E-state index contributed by atoms with van der Waals surface area (Å²) < 4.78 is 25.1. The van der Waals surface area contributed by atoms with Crippen LogP contribution in [0.5, 0.6) is 0 Å². The summed E-state index contributed by atoms with van der Waals surface area (Å²) in [6.45, 7) is 3.55. The topological polar surface area (TPSA) is 66.5 Å². The lowest BCUT2D eigenvalue weighted by atomic mass is 10.1. The second kappa shape index (κ2) is 7.23. The van der Waals surface area contributed by atoms with E-state index < -0.39 is 15.9 Å². The molecule has 5 nitrogen and oxygen atoms in total. The van der Waals surface area contributed by atoms with Gasteiger partial charge in [-0.15, -0.1) is 0 Å². The Morgan fingerprint density at radius 2 is 1.62 bits per heavy atom. The normalized spacial score (nSPS) is 11.2. The quantitative estimate of drug-likeness (QED) is 0.882. The fourth-order valence-corrected chi connectivity index (χ4v) is 3.37. The Balaban J connectivity index is 2.20. The van der Waals surface area contributed by atoms with Gasteiger partial charge >= 0.3 is 0 Å². The predicted molar refractivity (Wildman–Crippen MR) is 98.2 cm³/mol. The number of aryl methyl sites for hydroxylation is 2. The molecule has 7 heteroatoms. The van der Waals surface area contributed by atoms with Crippen LogP contribution in [-0.2, 0) is 14.8 Å². The number of sulfonamides is 1. The van der Waals surface area contributed by atoms with E-state index in [-0.39, 0.29) is 6.54 Å². The molecule has 0 fully saturated rings. The summed E-state index contributed by atoms with van der Waals surface area (Å²) in [6.07, 6.45) is 1.06. The Kier molecular flexibility index (Phi) is 5.51. The molecular formula is C17H19ClN2O3S. The van der Waals surface area contributed by atoms with Crippen molar-refractivity contribution in [2.24, 2.45) is 0 Å². The molecule has 1 N–H and O–H groups in total. The third-order valence-corrected chi connectivity index (χ3v) is 4.70. The first kappa shape index (κ1) is 18.3. The first-order valence-corrected chi connectivity index (χ1v) is 9.49. The molecular weight excluding hydrogens is 348 g/mol. The number of hydrogen-bond donors (Lipinski definition) is 1. The predicted octanol–water partition coefficient (Wildman–Crippen LogP) is 3.36. The van der Waals surface area contributed by atoms with Crippen LogP contribution in [0, 0.1) is 13.8 Å². The van der Waals surface area contributed by atoms with Gasteiger partial charge in [-0.25, -0.2) is 8.42 Å². The van der Waals surface area contributed by atoms with Crippen LogP contribution >= 0.6 is 11.6 Å². The summed E-state index contributed by atoms with van der Waals surface area (Å²) in [6, 6.07) is 11.9. The van der Waals surface area contributed by atoms with E-state index in [0.29, 0.717) is 16.4 Å². The van der Waals surface area contributed by atoms with Crippen LogP contribution in [-0.4, -0.2) is 27.1 Å². The zero-order valence-electron chi connectivity index (χ0n) is 13.7. The summed E-state index contributed by atoms with van der Waals surface area (Å²) in [5, 5.41) is 3.23. The van der Waals surface area contributed by atoms with E-state index in [9.17, 15) is 13.2 Å². The van der Waals surface area contributed by atoms with Gasteiger partial charge in [0.15, 0.2) is 0 Å². The maximum atomic E-state index is 12.3. The monoisotopic (exact) mass is 366 g/mol. The van der Waals surface area contributed by atoms with E-state index in [1.807, 2.05) is 32.0 Å². The molecule has 0 aromatic heterocycles. The maximum absolute atomic E-state index is 12.3. The molecule has 2 rings (SSSR count). The van der Waals surface area contributed by atoms with Crippen molar-refractivity contribution in [3.05, 3.63) is 58.6 Å². The molecule has 0 heterocycles. The Bertz CT molecular complexity index is 828. The average molecular weight is 367 g/mol. The third kappa shape index (κ3) is 4.97. The van der Waals surface area contributed by atoms with Gasteiger partial charge in [0.25, 0.3) is 0 Å². The van der Waals surface area contributed by atoms with E-state index in [1.165, 1.54) is 0 Å². The fraction of sp³-hybridized carbons (Fsp3) is 0.235. The zero-order valence-corrected chi connectivity index (χ0v) is 15.3. The van der Waals surface area contributed by atoms with Crippen LogP contribution in [0.4, 0.5) is 11.4 Å². The molecule has 0 bridgehead atoms. The van der Waals surface area contributed by atoms with Gasteiger partial charge in [-0.3, -0.25) is 9.10 Å². The number of carbonyl (C=O) groups is 1. The van der Waals surface area contributed by atoms with E-state index in [0.717, 1.165) is 21.7 Å². The lowest BCUT2D eigenvalue weighted by Gasteiger charge is -2.22. The zero-order chi connectivity index (χ0) is 17.9. The molecule has 128 valence electrons. The summed E-state index contributed by atoms with van der Waals surface area (Å²) in [5.74, 6) is -0.416. The molecule has 0 spiro atoms. The minimum absolute atomic E-state index is 0.312. The highest BCUT2D eigenvalue weighted by molar-refractivity contribution is 7.92. The number of benzene rings is 2. The van der Waals surface area contributed by atoms with E-state index >= 15 is 0 Å². The second-order valence-corrected chi connectivity index (χ2v) is 8.01. The van der Waals surface area contributed by atoms with Crippen molar-refractivity contribution >= 4 is 38.9 Å². The summed E-state index contributed by atoms with van der Waals surface area (Å²) in [5.41, 5.74) is 3.06. The molecule has 0 aliphatic heterocycles. The average Bonchev–Trinajstić information content (AvgIpc) is 2.43. The van der Waals surface area contributed by atoms with E-state index in [4.69, 9.17) is 11.6 Å². The minimum atomic E-state index is -3.61. The van der Waals surface area contributed by atoms with Crippen LogP contribution < -0.4 is 9.62 Å². The van der Waals surface area contributed by atoms with Crippen LogP contribution in [0.25, 0.3) is 0 Å². The number of nitrogens with zero attached hydrogens (tertiary/aromatic N) is 1. The number of rotatable bonds is 5. The molecule has 0 saturated carbocycles. The molecule has 0 radical (unpaired) electrons. The van der Waals surface area contributed by atoms with Crippen molar-refractivity contribution in [2.45, 2.75) is 13.8 Å². The SMILES string of the molecule is Cc1cc(C)cc(NC(=O)CN(c2ccc(Cl)cc2)S(C)(=O)=O)c1. The highest BCUT2D eigenvalue weighted by atomic mass is 35.5. The smallest absolute Gasteiger partial charge is 0.245 e. The Labute approximate surface area is 147 Å². The number of halogens is 1. The summed E-state index contributed by atoms with van der Waals surface area (Å²) in [4.78, 5) is 12.3. The lowest BCUT2D eigenvalue weighted by Crippen LogP contribution is -2.37. The van der Waals surface area contributed by atoms with Gasteiger partial charge in [0.05, 0.1) is 11.9 Å². The van der Waals surface area contributed by atoms with Crippen LogP contribution in [0.1, 0.15) is 11.1 Å². The van der Waals surface area contributed by atoms with Crippen LogP contribution in [0.2, 0.25) is 5.02 Å². The molecule has 1 amide bonds. The molecule has 0 aliphatic carbocycles. The van der Waals surface area contributed by atoms with Crippen molar-refractivity contribution < 1.29 is 13.2 Å². The number of nitrogens with one attached hydrogen (secondary N) is 1.